The van der Waals surface area contributed by atoms with Gasteiger partial charge in [-0.15, -0.1) is 0 Å². The van der Waals surface area contributed by atoms with Gasteiger partial charge in [0.1, 0.15) is 78.9 Å². The summed E-state index contributed by atoms with van der Waals surface area (Å²) in [5.74, 6) is -0.715. The average molecular weight is 691 g/mol. The molecule has 260 valence electrons. The SMILES string of the molecule is COc1cc(-c2[o+]c3cc(O)cc(OC[C@H]4OC(O)[C@H](O)[C@@H](O)[C@@H]4O)c3cc2OC[C@H]2OC(O)[C@H](O)[C@@H](O)[C@@H]2O)cc(OC)c1O.[Cl-]. The molecule has 3 aromatic rings. The summed E-state index contributed by atoms with van der Waals surface area (Å²) in [5.41, 5.74) is 0.280. The Kier molecular flexibility index (Phi) is 11.4. The third-order valence-electron chi connectivity index (χ3n) is 7.72. The number of benzene rings is 2. The fraction of sp³-hybridized carbons (Fsp3) is 0.483. The van der Waals surface area contributed by atoms with E-state index in [1.54, 1.807) is 0 Å². The molecule has 10 N–H and O–H groups in total. The summed E-state index contributed by atoms with van der Waals surface area (Å²) in [6.45, 7) is -0.956. The number of hydrogen-bond acceptors (Lipinski definition) is 16. The molecule has 2 aromatic carbocycles. The molecule has 18 heteroatoms. The van der Waals surface area contributed by atoms with Crippen molar-refractivity contribution in [1.29, 1.82) is 0 Å². The summed E-state index contributed by atoms with van der Waals surface area (Å²) >= 11 is 0. The van der Waals surface area contributed by atoms with Gasteiger partial charge in [0.2, 0.25) is 11.5 Å². The predicted molar refractivity (Wildman–Crippen MR) is 151 cm³/mol. The van der Waals surface area contributed by atoms with Crippen LogP contribution in [0.1, 0.15) is 0 Å². The fourth-order valence-electron chi connectivity index (χ4n) is 5.10. The Morgan fingerprint density at radius 3 is 1.60 bits per heavy atom. The van der Waals surface area contributed by atoms with Crippen LogP contribution in [0.15, 0.2) is 34.7 Å². The van der Waals surface area contributed by atoms with Gasteiger partial charge in [-0.2, -0.15) is 0 Å². The van der Waals surface area contributed by atoms with Crippen molar-refractivity contribution in [1.82, 2.24) is 0 Å². The molecule has 0 saturated carbocycles. The van der Waals surface area contributed by atoms with Crippen molar-refractivity contribution in [2.45, 2.75) is 61.4 Å². The summed E-state index contributed by atoms with van der Waals surface area (Å²) in [6, 6.07) is 6.67. The lowest BCUT2D eigenvalue weighted by molar-refractivity contribution is -0.285. The minimum atomic E-state index is -1.82. The molecule has 2 saturated heterocycles. The molecule has 2 unspecified atom stereocenters. The van der Waals surface area contributed by atoms with E-state index in [9.17, 15) is 51.1 Å². The van der Waals surface area contributed by atoms with Gasteiger partial charge in [0.05, 0.1) is 25.8 Å². The van der Waals surface area contributed by atoms with E-state index in [-0.39, 0.29) is 69.2 Å². The van der Waals surface area contributed by atoms with Crippen LogP contribution in [0.25, 0.3) is 22.3 Å². The zero-order valence-electron chi connectivity index (χ0n) is 24.8. The summed E-state index contributed by atoms with van der Waals surface area (Å²) < 4.78 is 38.7. The van der Waals surface area contributed by atoms with Gasteiger partial charge in [-0.3, -0.25) is 0 Å². The van der Waals surface area contributed by atoms with Gasteiger partial charge < -0.3 is 91.9 Å². The molecule has 5 rings (SSSR count). The lowest BCUT2D eigenvalue weighted by atomic mass is 9.99. The summed E-state index contributed by atoms with van der Waals surface area (Å²) in [4.78, 5) is 0. The number of halogens is 1. The van der Waals surface area contributed by atoms with Crippen LogP contribution in [-0.2, 0) is 9.47 Å². The summed E-state index contributed by atoms with van der Waals surface area (Å²) in [7, 11) is 2.63. The van der Waals surface area contributed by atoms with Gasteiger partial charge in [0.25, 0.3) is 0 Å². The van der Waals surface area contributed by atoms with Crippen LogP contribution in [0.2, 0.25) is 0 Å². The molecule has 1 aromatic heterocycles. The van der Waals surface area contributed by atoms with E-state index in [1.807, 2.05) is 0 Å². The number of phenolic OH excluding ortho intramolecular Hbond substituents is 2. The van der Waals surface area contributed by atoms with Crippen LogP contribution in [0.4, 0.5) is 0 Å². The number of aliphatic hydroxyl groups is 8. The van der Waals surface area contributed by atoms with Crippen molar-refractivity contribution < 1.29 is 96.3 Å². The smallest absolute Gasteiger partial charge is 0.402 e. The molecule has 10 atom stereocenters. The van der Waals surface area contributed by atoms with Gasteiger partial charge in [0, 0.05) is 24.3 Å². The maximum atomic E-state index is 10.5. The van der Waals surface area contributed by atoms with E-state index in [2.05, 4.69) is 0 Å². The Hall–Kier alpha value is -3.46. The minimum Gasteiger partial charge on any atom is -1.00 e. The third kappa shape index (κ3) is 7.20. The van der Waals surface area contributed by atoms with E-state index in [0.29, 0.717) is 0 Å². The van der Waals surface area contributed by atoms with Crippen molar-refractivity contribution in [2.24, 2.45) is 0 Å². The molecule has 2 aliphatic rings. The number of hydrogen-bond donors (Lipinski definition) is 10. The fourth-order valence-corrected chi connectivity index (χ4v) is 5.10. The van der Waals surface area contributed by atoms with E-state index in [0.717, 1.165) is 0 Å². The van der Waals surface area contributed by atoms with E-state index in [4.69, 9.17) is 32.8 Å². The molecular weight excluding hydrogens is 656 g/mol. The predicted octanol–water partition coefficient (Wildman–Crippen LogP) is -4.83. The van der Waals surface area contributed by atoms with Crippen LogP contribution < -0.4 is 31.4 Å². The molecule has 17 nitrogen and oxygen atoms in total. The van der Waals surface area contributed by atoms with Gasteiger partial charge in [-0.1, -0.05) is 0 Å². The largest absolute Gasteiger partial charge is 1.00 e. The standard InChI is InChI=1S/C29H34O17.ClH/c1-40-15-3-10(4-16(41-2)20(15)31)27-17(43-9-19-22(33)24(35)26(37)29(39)46-19)7-12-13(5-11(30)6-14(12)44-27)42-8-18-21(32)23(34)25(36)28(38)45-18;/h3-7,18-19,21-26,28-29,32-39H,8-9H2,1-2H3,(H-,30,31);1H/t18-,19-,21-,22-,23+,24+,25-,26-,28?,29?;/m1./s1. The van der Waals surface area contributed by atoms with E-state index < -0.39 is 74.6 Å². The first-order valence-electron chi connectivity index (χ1n) is 13.9. The molecule has 47 heavy (non-hydrogen) atoms. The van der Waals surface area contributed by atoms with Crippen molar-refractivity contribution in [2.75, 3.05) is 27.4 Å². The Morgan fingerprint density at radius 2 is 1.11 bits per heavy atom. The van der Waals surface area contributed by atoms with E-state index >= 15 is 0 Å². The minimum absolute atomic E-state index is 0. The Labute approximate surface area is 272 Å². The quantitative estimate of drug-likeness (QED) is 0.0944. The average Bonchev–Trinajstić information content (AvgIpc) is 3.04. The molecule has 0 amide bonds. The number of fused-ring (bicyclic) bond motifs is 1. The first-order valence-corrected chi connectivity index (χ1v) is 13.9. The van der Waals surface area contributed by atoms with E-state index in [1.165, 1.54) is 44.6 Å². The number of methoxy groups -OCH3 is 2. The molecule has 2 fully saturated rings. The highest BCUT2D eigenvalue weighted by molar-refractivity contribution is 5.89. The molecule has 0 bridgehead atoms. The maximum Gasteiger partial charge on any atom is 0.402 e. The number of phenols is 2. The molecule has 0 aliphatic carbocycles. The van der Waals surface area contributed by atoms with Crippen molar-refractivity contribution >= 4 is 11.0 Å². The van der Waals surface area contributed by atoms with Crippen LogP contribution in [0.5, 0.6) is 34.5 Å². The van der Waals surface area contributed by atoms with Crippen LogP contribution >= 0.6 is 0 Å². The number of aromatic hydroxyl groups is 2. The highest BCUT2D eigenvalue weighted by atomic mass is 35.5. The van der Waals surface area contributed by atoms with Crippen molar-refractivity contribution in [3.8, 4) is 45.8 Å². The maximum absolute atomic E-state index is 10.5. The zero-order chi connectivity index (χ0) is 33.4. The monoisotopic (exact) mass is 690 g/mol. The highest BCUT2D eigenvalue weighted by Gasteiger charge is 2.45. The Morgan fingerprint density at radius 1 is 0.617 bits per heavy atom. The summed E-state index contributed by atoms with van der Waals surface area (Å²) in [6.07, 6.45) is -16.5. The first-order chi connectivity index (χ1) is 21.8. The first kappa shape index (κ1) is 36.4. The van der Waals surface area contributed by atoms with Gasteiger partial charge in [-0.25, -0.2) is 4.42 Å². The number of rotatable bonds is 9. The topological polar surface area (TPSA) is 269 Å². The second-order valence-corrected chi connectivity index (χ2v) is 10.7. The van der Waals surface area contributed by atoms with Gasteiger partial charge in [0.15, 0.2) is 24.1 Å². The highest BCUT2D eigenvalue weighted by Crippen LogP contribution is 2.45. The van der Waals surface area contributed by atoms with Crippen LogP contribution in [-0.4, -0.2) is 140 Å². The molecule has 2 aliphatic heterocycles. The number of ether oxygens (including phenoxy) is 6. The molecule has 3 heterocycles. The van der Waals surface area contributed by atoms with Crippen molar-refractivity contribution in [3.05, 3.63) is 30.3 Å². The second-order valence-electron chi connectivity index (χ2n) is 10.7. The third-order valence-corrected chi connectivity index (χ3v) is 7.72. The van der Waals surface area contributed by atoms with Crippen LogP contribution in [0, 0.1) is 0 Å². The lowest BCUT2D eigenvalue weighted by Crippen LogP contribution is -3.00. The van der Waals surface area contributed by atoms with Gasteiger partial charge >= 0.3 is 11.3 Å². The lowest BCUT2D eigenvalue weighted by Gasteiger charge is -2.38. The normalized spacial score (nSPS) is 30.8. The Bertz CT molecular complexity index is 1520. The van der Waals surface area contributed by atoms with Crippen LogP contribution in [0.3, 0.4) is 0 Å². The molecular formula is C29H35ClO17. The Balaban J connectivity index is 0.00000500. The summed E-state index contributed by atoms with van der Waals surface area (Å²) in [5, 5.41) is 101. The molecule has 0 radical (unpaired) electrons. The molecule has 0 spiro atoms. The van der Waals surface area contributed by atoms with Crippen molar-refractivity contribution in [3.63, 3.8) is 0 Å². The zero-order valence-corrected chi connectivity index (χ0v) is 25.5. The number of aliphatic hydroxyl groups excluding tert-OH is 8. The second kappa shape index (κ2) is 14.8. The van der Waals surface area contributed by atoms with Gasteiger partial charge in [-0.05, 0) is 0 Å².